The monoisotopic (exact) mass is 350 g/mol. The second-order valence-corrected chi connectivity index (χ2v) is 6.09. The lowest BCUT2D eigenvalue weighted by atomic mass is 10.2. The van der Waals surface area contributed by atoms with Gasteiger partial charge >= 0.3 is 0 Å². The molecule has 1 N–H and O–H groups in total. The average Bonchev–Trinajstić information content (AvgIpc) is 2.56. The van der Waals surface area contributed by atoms with Gasteiger partial charge in [-0.25, -0.2) is 0 Å². The third kappa shape index (κ3) is 3.96. The second kappa shape index (κ2) is 7.21. The van der Waals surface area contributed by atoms with Crippen LogP contribution in [0.3, 0.4) is 0 Å². The fourth-order valence-electron chi connectivity index (χ4n) is 2.48. The molecule has 1 saturated heterocycles. The number of ether oxygens (including phenoxy) is 1. The van der Waals surface area contributed by atoms with E-state index < -0.39 is 0 Å². The van der Waals surface area contributed by atoms with E-state index in [4.69, 9.17) is 27.9 Å². The SMILES string of the molecule is O=C(Nc1cc(Cl)ccc1N1CCOCC1)c1ccc(Cl)cc1. The summed E-state index contributed by atoms with van der Waals surface area (Å²) in [7, 11) is 0. The highest BCUT2D eigenvalue weighted by atomic mass is 35.5. The summed E-state index contributed by atoms with van der Waals surface area (Å²) in [6.07, 6.45) is 0. The van der Waals surface area contributed by atoms with Gasteiger partial charge in [-0.3, -0.25) is 4.79 Å². The summed E-state index contributed by atoms with van der Waals surface area (Å²) in [6, 6.07) is 12.3. The lowest BCUT2D eigenvalue weighted by Gasteiger charge is -2.30. The van der Waals surface area contributed by atoms with Crippen LogP contribution in [0.25, 0.3) is 0 Å². The van der Waals surface area contributed by atoms with Crippen molar-refractivity contribution >= 4 is 40.5 Å². The van der Waals surface area contributed by atoms with E-state index in [9.17, 15) is 4.79 Å². The van der Waals surface area contributed by atoms with Gasteiger partial charge in [-0.05, 0) is 42.5 Å². The van der Waals surface area contributed by atoms with Gasteiger partial charge in [0, 0.05) is 28.7 Å². The molecule has 0 aliphatic carbocycles. The Morgan fingerprint density at radius 1 is 1.00 bits per heavy atom. The number of anilines is 2. The van der Waals surface area contributed by atoms with Crippen molar-refractivity contribution in [3.05, 3.63) is 58.1 Å². The number of carbonyl (C=O) groups excluding carboxylic acids is 1. The van der Waals surface area contributed by atoms with Crippen LogP contribution in [0.2, 0.25) is 10.0 Å². The molecule has 0 saturated carbocycles. The minimum atomic E-state index is -0.196. The molecule has 6 heteroatoms. The minimum Gasteiger partial charge on any atom is -0.378 e. The van der Waals surface area contributed by atoms with Crippen molar-refractivity contribution in [1.29, 1.82) is 0 Å². The second-order valence-electron chi connectivity index (χ2n) is 5.22. The maximum absolute atomic E-state index is 12.4. The highest BCUT2D eigenvalue weighted by molar-refractivity contribution is 6.31. The van der Waals surface area contributed by atoms with Gasteiger partial charge < -0.3 is 15.0 Å². The van der Waals surface area contributed by atoms with Crippen LogP contribution in [0.15, 0.2) is 42.5 Å². The van der Waals surface area contributed by atoms with Crippen LogP contribution in [-0.4, -0.2) is 32.2 Å². The highest BCUT2D eigenvalue weighted by Crippen LogP contribution is 2.30. The minimum absolute atomic E-state index is 0.196. The van der Waals surface area contributed by atoms with Crippen molar-refractivity contribution in [3.63, 3.8) is 0 Å². The van der Waals surface area contributed by atoms with E-state index in [1.807, 2.05) is 12.1 Å². The number of carbonyl (C=O) groups is 1. The first-order valence-electron chi connectivity index (χ1n) is 7.32. The van der Waals surface area contributed by atoms with Crippen LogP contribution in [0.5, 0.6) is 0 Å². The number of hydrogen-bond donors (Lipinski definition) is 1. The maximum atomic E-state index is 12.4. The van der Waals surface area contributed by atoms with Crippen molar-refractivity contribution in [3.8, 4) is 0 Å². The van der Waals surface area contributed by atoms with Gasteiger partial charge in [-0.2, -0.15) is 0 Å². The van der Waals surface area contributed by atoms with Crippen molar-refractivity contribution in [2.75, 3.05) is 36.5 Å². The number of morpholine rings is 1. The normalized spacial score (nSPS) is 14.6. The molecule has 4 nitrogen and oxygen atoms in total. The molecule has 1 aliphatic rings. The van der Waals surface area contributed by atoms with Gasteiger partial charge in [0.25, 0.3) is 5.91 Å². The Balaban J connectivity index is 1.84. The number of hydrogen-bond acceptors (Lipinski definition) is 3. The molecule has 0 spiro atoms. The molecule has 0 unspecified atom stereocenters. The Bertz CT molecular complexity index is 698. The van der Waals surface area contributed by atoms with Gasteiger partial charge in [0.2, 0.25) is 0 Å². The Kier molecular flexibility index (Phi) is 5.06. The van der Waals surface area contributed by atoms with E-state index in [0.29, 0.717) is 34.5 Å². The number of rotatable bonds is 3. The topological polar surface area (TPSA) is 41.6 Å². The Morgan fingerprint density at radius 2 is 1.65 bits per heavy atom. The molecular formula is C17H16Cl2N2O2. The molecule has 120 valence electrons. The largest absolute Gasteiger partial charge is 0.378 e. The van der Waals surface area contributed by atoms with Crippen LogP contribution in [0, 0.1) is 0 Å². The Labute approximate surface area is 144 Å². The van der Waals surface area contributed by atoms with E-state index >= 15 is 0 Å². The first-order valence-corrected chi connectivity index (χ1v) is 8.08. The van der Waals surface area contributed by atoms with Crippen LogP contribution in [0.1, 0.15) is 10.4 Å². The molecule has 0 aromatic heterocycles. The molecule has 23 heavy (non-hydrogen) atoms. The fourth-order valence-corrected chi connectivity index (χ4v) is 2.78. The van der Waals surface area contributed by atoms with Crippen LogP contribution in [0.4, 0.5) is 11.4 Å². The van der Waals surface area contributed by atoms with Gasteiger partial charge in [-0.15, -0.1) is 0 Å². The summed E-state index contributed by atoms with van der Waals surface area (Å²) >= 11 is 12.0. The summed E-state index contributed by atoms with van der Waals surface area (Å²) in [5, 5.41) is 4.11. The summed E-state index contributed by atoms with van der Waals surface area (Å²) in [4.78, 5) is 14.6. The van der Waals surface area contributed by atoms with E-state index in [0.717, 1.165) is 18.8 Å². The predicted molar refractivity (Wildman–Crippen MR) is 93.9 cm³/mol. The molecule has 1 fully saturated rings. The van der Waals surface area contributed by atoms with Crippen molar-refractivity contribution in [2.24, 2.45) is 0 Å². The summed E-state index contributed by atoms with van der Waals surface area (Å²) in [5.41, 5.74) is 2.18. The molecule has 0 radical (unpaired) electrons. The zero-order chi connectivity index (χ0) is 16.2. The van der Waals surface area contributed by atoms with Crippen molar-refractivity contribution in [1.82, 2.24) is 0 Å². The Morgan fingerprint density at radius 3 is 2.35 bits per heavy atom. The Hall–Kier alpha value is -1.75. The molecule has 3 rings (SSSR count). The number of benzene rings is 2. The van der Waals surface area contributed by atoms with Gasteiger partial charge in [0.15, 0.2) is 0 Å². The van der Waals surface area contributed by atoms with Gasteiger partial charge in [-0.1, -0.05) is 23.2 Å². The molecule has 1 amide bonds. The van der Waals surface area contributed by atoms with E-state index in [-0.39, 0.29) is 5.91 Å². The summed E-state index contributed by atoms with van der Waals surface area (Å²) in [6.45, 7) is 2.91. The molecule has 0 bridgehead atoms. The fraction of sp³-hybridized carbons (Fsp3) is 0.235. The third-order valence-corrected chi connectivity index (χ3v) is 4.15. The summed E-state index contributed by atoms with van der Waals surface area (Å²) in [5.74, 6) is -0.196. The number of amides is 1. The van der Waals surface area contributed by atoms with Gasteiger partial charge in [0.1, 0.15) is 0 Å². The number of nitrogens with one attached hydrogen (secondary N) is 1. The maximum Gasteiger partial charge on any atom is 0.255 e. The van der Waals surface area contributed by atoms with Gasteiger partial charge in [0.05, 0.1) is 24.6 Å². The average molecular weight is 351 g/mol. The lowest BCUT2D eigenvalue weighted by Crippen LogP contribution is -2.36. The van der Waals surface area contributed by atoms with Crippen LogP contribution >= 0.6 is 23.2 Å². The van der Waals surface area contributed by atoms with E-state index in [2.05, 4.69) is 10.2 Å². The van der Waals surface area contributed by atoms with E-state index in [1.165, 1.54) is 0 Å². The number of halogens is 2. The molecule has 2 aromatic carbocycles. The number of nitrogens with zero attached hydrogens (tertiary/aromatic N) is 1. The first-order chi connectivity index (χ1) is 11.1. The standard InChI is InChI=1S/C17H16Cl2N2O2/c18-13-3-1-12(2-4-13)17(22)20-15-11-14(19)5-6-16(15)21-7-9-23-10-8-21/h1-6,11H,7-10H2,(H,20,22). The first kappa shape index (κ1) is 16.1. The molecule has 0 atom stereocenters. The lowest BCUT2D eigenvalue weighted by molar-refractivity contribution is 0.102. The smallest absolute Gasteiger partial charge is 0.255 e. The van der Waals surface area contributed by atoms with Crippen LogP contribution < -0.4 is 10.2 Å². The molecule has 1 aliphatic heterocycles. The summed E-state index contributed by atoms with van der Waals surface area (Å²) < 4.78 is 5.38. The van der Waals surface area contributed by atoms with E-state index in [1.54, 1.807) is 30.3 Å². The zero-order valence-corrected chi connectivity index (χ0v) is 13.9. The quantitative estimate of drug-likeness (QED) is 0.906. The highest BCUT2D eigenvalue weighted by Gasteiger charge is 2.17. The van der Waals surface area contributed by atoms with Crippen molar-refractivity contribution < 1.29 is 9.53 Å². The predicted octanol–water partition coefficient (Wildman–Crippen LogP) is 4.08. The molecule has 2 aromatic rings. The van der Waals surface area contributed by atoms with Crippen LogP contribution in [-0.2, 0) is 4.74 Å². The van der Waals surface area contributed by atoms with Crippen molar-refractivity contribution in [2.45, 2.75) is 0 Å². The zero-order valence-electron chi connectivity index (χ0n) is 12.4. The third-order valence-electron chi connectivity index (χ3n) is 3.66. The molecular weight excluding hydrogens is 335 g/mol. The molecule has 1 heterocycles.